The van der Waals surface area contributed by atoms with Crippen molar-refractivity contribution in [2.45, 2.75) is 25.7 Å². The topological polar surface area (TPSA) is 130 Å². The number of piperazine rings is 1. The summed E-state index contributed by atoms with van der Waals surface area (Å²) in [5.74, 6) is 0.129. The Bertz CT molecular complexity index is 1160. The molecule has 1 amide bonds. The number of aromatic amines is 2. The van der Waals surface area contributed by atoms with Gasteiger partial charge in [0.05, 0.1) is 11.9 Å². The molecule has 1 saturated heterocycles. The molecule has 3 aromatic rings. The molecule has 4 rings (SSSR count). The Hall–Kier alpha value is -3.92. The number of nitriles is 1. The number of carbonyl (C=O) groups excluding carboxylic acids is 1. The highest BCUT2D eigenvalue weighted by Crippen LogP contribution is 2.30. The molecule has 1 aliphatic rings. The van der Waals surface area contributed by atoms with Crippen molar-refractivity contribution in [1.29, 1.82) is 5.26 Å². The smallest absolute Gasteiger partial charge is 0.351 e. The van der Waals surface area contributed by atoms with E-state index in [1.807, 2.05) is 17.9 Å². The van der Waals surface area contributed by atoms with Gasteiger partial charge in [-0.3, -0.25) is 14.8 Å². The van der Waals surface area contributed by atoms with Gasteiger partial charge in [-0.05, 0) is 19.1 Å². The summed E-state index contributed by atoms with van der Waals surface area (Å²) in [5, 5.41) is 18.3. The summed E-state index contributed by atoms with van der Waals surface area (Å²) in [6, 6.07) is 4.32. The molecule has 1 aliphatic heterocycles. The van der Waals surface area contributed by atoms with E-state index in [0.29, 0.717) is 37.6 Å². The number of nitrogens with zero attached hydrogens (tertiary/aromatic N) is 6. The number of aromatic nitrogens is 5. The SMILES string of the molecule is C[C@@H]1CN(Cc2c[nH]nc2C(=O)Nc2nc[nH]c2C#N)CCN1c1ccc(C(F)(F)F)cn1. The Labute approximate surface area is 186 Å². The van der Waals surface area contributed by atoms with Gasteiger partial charge in [0.15, 0.2) is 17.2 Å². The second-order valence-electron chi connectivity index (χ2n) is 7.63. The fourth-order valence-corrected chi connectivity index (χ4v) is 3.75. The molecule has 0 spiro atoms. The van der Waals surface area contributed by atoms with Gasteiger partial charge >= 0.3 is 6.18 Å². The van der Waals surface area contributed by atoms with Crippen LogP contribution in [0.5, 0.6) is 0 Å². The zero-order valence-corrected chi connectivity index (χ0v) is 17.5. The first-order valence-electron chi connectivity index (χ1n) is 10.1. The molecule has 1 atom stereocenters. The van der Waals surface area contributed by atoms with Gasteiger partial charge < -0.3 is 15.2 Å². The molecule has 0 aromatic carbocycles. The van der Waals surface area contributed by atoms with E-state index in [9.17, 15) is 18.0 Å². The maximum absolute atomic E-state index is 12.8. The lowest BCUT2D eigenvalue weighted by atomic mass is 10.1. The Morgan fingerprint density at radius 3 is 2.82 bits per heavy atom. The molecule has 0 saturated carbocycles. The molecule has 13 heteroatoms. The number of H-pyrrole nitrogens is 2. The minimum Gasteiger partial charge on any atom is -0.351 e. The summed E-state index contributed by atoms with van der Waals surface area (Å²) in [7, 11) is 0. The van der Waals surface area contributed by atoms with Crippen molar-refractivity contribution in [3.05, 3.63) is 53.4 Å². The number of amides is 1. The highest BCUT2D eigenvalue weighted by molar-refractivity contribution is 6.03. The Kier molecular flexibility index (Phi) is 6.01. The average molecular weight is 459 g/mol. The zero-order chi connectivity index (χ0) is 23.6. The van der Waals surface area contributed by atoms with Crippen LogP contribution in [-0.4, -0.2) is 61.6 Å². The third-order valence-electron chi connectivity index (χ3n) is 5.39. The van der Waals surface area contributed by atoms with Crippen LogP contribution in [0.3, 0.4) is 0 Å². The van der Waals surface area contributed by atoms with Crippen molar-refractivity contribution in [1.82, 2.24) is 30.0 Å². The van der Waals surface area contributed by atoms with Gasteiger partial charge in [0.25, 0.3) is 5.91 Å². The molecule has 0 aliphatic carbocycles. The summed E-state index contributed by atoms with van der Waals surface area (Å²) in [6.07, 6.45) is -0.620. The van der Waals surface area contributed by atoms with Crippen LogP contribution < -0.4 is 10.2 Å². The number of anilines is 2. The van der Waals surface area contributed by atoms with Gasteiger partial charge in [-0.1, -0.05) is 0 Å². The van der Waals surface area contributed by atoms with Crippen molar-refractivity contribution >= 4 is 17.5 Å². The van der Waals surface area contributed by atoms with Crippen LogP contribution in [0.2, 0.25) is 0 Å². The van der Waals surface area contributed by atoms with Gasteiger partial charge in [-0.15, -0.1) is 0 Å². The zero-order valence-electron chi connectivity index (χ0n) is 17.5. The van der Waals surface area contributed by atoms with E-state index in [2.05, 4.69) is 35.4 Å². The minimum absolute atomic E-state index is 0.00518. The van der Waals surface area contributed by atoms with Crippen LogP contribution in [0, 0.1) is 11.3 Å². The predicted molar refractivity (Wildman–Crippen MR) is 111 cm³/mol. The number of pyridine rings is 1. The van der Waals surface area contributed by atoms with Gasteiger partial charge in [0.1, 0.15) is 11.9 Å². The molecule has 3 N–H and O–H groups in total. The maximum Gasteiger partial charge on any atom is 0.417 e. The van der Waals surface area contributed by atoms with E-state index in [0.717, 1.165) is 12.3 Å². The number of hydrogen-bond donors (Lipinski definition) is 3. The van der Waals surface area contributed by atoms with Crippen LogP contribution >= 0.6 is 0 Å². The normalized spacial score (nSPS) is 17.1. The third-order valence-corrected chi connectivity index (χ3v) is 5.39. The Balaban J connectivity index is 1.39. The standard InChI is InChI=1S/C20H20F3N9O/c1-12-9-31(4-5-32(12)16-3-2-14(8-25-16)20(21,22)23)10-13-7-28-30-17(13)19(33)29-18-15(6-24)26-11-27-18/h2-3,7-8,11-12H,4-5,9-10H2,1H3,(H,26,27)(H,28,30)(H,29,33)/t12-/m1/s1. The monoisotopic (exact) mass is 459 g/mol. The molecule has 0 radical (unpaired) electrons. The molecule has 33 heavy (non-hydrogen) atoms. The number of hydrogen-bond acceptors (Lipinski definition) is 7. The molecule has 1 fully saturated rings. The van der Waals surface area contributed by atoms with E-state index >= 15 is 0 Å². The summed E-state index contributed by atoms with van der Waals surface area (Å²) >= 11 is 0. The highest BCUT2D eigenvalue weighted by atomic mass is 19.4. The molecular weight excluding hydrogens is 439 g/mol. The van der Waals surface area contributed by atoms with Gasteiger partial charge in [-0.25, -0.2) is 9.97 Å². The fourth-order valence-electron chi connectivity index (χ4n) is 3.75. The third kappa shape index (κ3) is 4.80. The van der Waals surface area contributed by atoms with Gasteiger partial charge in [0, 0.05) is 50.2 Å². The molecular formula is C20H20F3N9O. The van der Waals surface area contributed by atoms with Crippen LogP contribution in [-0.2, 0) is 12.7 Å². The molecule has 4 heterocycles. The second kappa shape index (κ2) is 8.91. The number of halogens is 3. The fraction of sp³-hybridized carbons (Fsp3) is 0.350. The molecule has 0 bridgehead atoms. The first kappa shape index (κ1) is 22.3. The van der Waals surface area contributed by atoms with Gasteiger partial charge in [0.2, 0.25) is 0 Å². The lowest BCUT2D eigenvalue weighted by molar-refractivity contribution is -0.137. The summed E-state index contributed by atoms with van der Waals surface area (Å²) in [6.45, 7) is 4.22. The molecule has 0 unspecified atom stereocenters. The predicted octanol–water partition coefficient (Wildman–Crippen LogP) is 2.38. The van der Waals surface area contributed by atoms with Crippen LogP contribution in [0.4, 0.5) is 24.8 Å². The lowest BCUT2D eigenvalue weighted by Gasteiger charge is -2.40. The van der Waals surface area contributed by atoms with Crippen molar-refractivity contribution < 1.29 is 18.0 Å². The largest absolute Gasteiger partial charge is 0.417 e. The Morgan fingerprint density at radius 1 is 1.33 bits per heavy atom. The van der Waals surface area contributed by atoms with E-state index in [4.69, 9.17) is 5.26 Å². The quantitative estimate of drug-likeness (QED) is 0.534. The number of nitrogens with one attached hydrogen (secondary N) is 3. The van der Waals surface area contributed by atoms with Crippen molar-refractivity contribution in [3.8, 4) is 6.07 Å². The summed E-state index contributed by atoms with van der Waals surface area (Å²) < 4.78 is 38.4. The minimum atomic E-state index is -4.42. The van der Waals surface area contributed by atoms with Crippen molar-refractivity contribution in [2.75, 3.05) is 29.9 Å². The van der Waals surface area contributed by atoms with E-state index in [1.165, 1.54) is 12.4 Å². The first-order chi connectivity index (χ1) is 15.8. The molecule has 172 valence electrons. The second-order valence-corrected chi connectivity index (χ2v) is 7.63. The number of imidazole rings is 1. The number of rotatable bonds is 5. The number of alkyl halides is 3. The first-order valence-corrected chi connectivity index (χ1v) is 10.1. The van der Waals surface area contributed by atoms with Crippen molar-refractivity contribution in [2.24, 2.45) is 0 Å². The number of carbonyl (C=O) groups is 1. The summed E-state index contributed by atoms with van der Waals surface area (Å²) in [5.41, 5.74) is 0.235. The molecule has 3 aromatic heterocycles. The van der Waals surface area contributed by atoms with Crippen molar-refractivity contribution in [3.63, 3.8) is 0 Å². The maximum atomic E-state index is 12.8. The van der Waals surface area contributed by atoms with Gasteiger partial charge in [-0.2, -0.15) is 23.5 Å². The Morgan fingerprint density at radius 2 is 2.15 bits per heavy atom. The lowest BCUT2D eigenvalue weighted by Crippen LogP contribution is -2.52. The average Bonchev–Trinajstić information content (AvgIpc) is 3.42. The van der Waals surface area contributed by atoms with E-state index in [-0.39, 0.29) is 23.2 Å². The highest BCUT2D eigenvalue weighted by Gasteiger charge is 2.32. The summed E-state index contributed by atoms with van der Waals surface area (Å²) in [4.78, 5) is 27.3. The van der Waals surface area contributed by atoms with Crippen LogP contribution in [0.1, 0.15) is 34.2 Å². The van der Waals surface area contributed by atoms with Crippen LogP contribution in [0.15, 0.2) is 30.9 Å². The molecule has 10 nitrogen and oxygen atoms in total. The van der Waals surface area contributed by atoms with E-state index in [1.54, 1.807) is 6.20 Å². The van der Waals surface area contributed by atoms with Crippen LogP contribution in [0.25, 0.3) is 0 Å². The van der Waals surface area contributed by atoms with E-state index < -0.39 is 17.6 Å².